The Bertz CT molecular complexity index is 578. The lowest BCUT2D eigenvalue weighted by Crippen LogP contribution is -2.14. The number of carbonyl (C=O) groups excluding carboxylic acids is 1. The van der Waals surface area contributed by atoms with E-state index in [0.717, 1.165) is 5.56 Å². The Morgan fingerprint density at radius 1 is 1.30 bits per heavy atom. The van der Waals surface area contributed by atoms with Crippen molar-refractivity contribution < 1.29 is 14.3 Å². The van der Waals surface area contributed by atoms with Crippen molar-refractivity contribution in [2.24, 2.45) is 0 Å². The van der Waals surface area contributed by atoms with Crippen LogP contribution in [-0.2, 0) is 9.53 Å². The molecule has 0 saturated heterocycles. The minimum absolute atomic E-state index is 0. The third kappa shape index (κ3) is 3.83. The molecule has 2 N–H and O–H groups in total. The lowest BCUT2D eigenvalue weighted by Gasteiger charge is -2.07. The number of ether oxygens (including phenoxy) is 2. The van der Waals surface area contributed by atoms with Crippen molar-refractivity contribution in [2.75, 3.05) is 19.5 Å². The zero-order valence-electron chi connectivity index (χ0n) is 10.8. The lowest BCUT2D eigenvalue weighted by atomic mass is 10.1. The van der Waals surface area contributed by atoms with Gasteiger partial charge in [-0.2, -0.15) is 4.98 Å². The number of aromatic nitrogens is 2. The molecule has 20 heavy (non-hydrogen) atoms. The van der Waals surface area contributed by atoms with Crippen LogP contribution < -0.4 is 10.5 Å². The molecule has 0 amide bonds. The molecule has 1 heterocycles. The molecule has 0 aliphatic carbocycles. The number of methoxy groups -OCH3 is 1. The summed E-state index contributed by atoms with van der Waals surface area (Å²) in [5, 5.41) is 0. The van der Waals surface area contributed by atoms with Gasteiger partial charge in [0.15, 0.2) is 6.61 Å². The molecule has 0 aliphatic heterocycles. The van der Waals surface area contributed by atoms with Crippen LogP contribution in [0.5, 0.6) is 6.01 Å². The number of hydrogen-bond acceptors (Lipinski definition) is 6. The van der Waals surface area contributed by atoms with Crippen LogP contribution in [0.2, 0.25) is 0 Å². The highest BCUT2D eigenvalue weighted by Gasteiger charge is 2.09. The van der Waals surface area contributed by atoms with E-state index in [1.165, 1.54) is 13.3 Å². The highest BCUT2D eigenvalue weighted by atomic mass is 35.5. The summed E-state index contributed by atoms with van der Waals surface area (Å²) in [6.07, 6.45) is 1.45. The standard InChI is InChI=1S/C13H13N3O3.ClH/c1-18-11(17)8-19-13-15-7-10(14)12(16-13)9-5-3-2-4-6-9;/h2-7H,8,14H2,1H3;1H. The van der Waals surface area contributed by atoms with Gasteiger partial charge in [0, 0.05) is 5.56 Å². The molecule has 106 valence electrons. The quantitative estimate of drug-likeness (QED) is 0.864. The first kappa shape index (κ1) is 15.7. The number of rotatable bonds is 4. The topological polar surface area (TPSA) is 87.3 Å². The highest BCUT2D eigenvalue weighted by Crippen LogP contribution is 2.24. The first-order valence-corrected chi connectivity index (χ1v) is 5.58. The minimum atomic E-state index is -0.498. The van der Waals surface area contributed by atoms with Crippen molar-refractivity contribution in [3.8, 4) is 17.3 Å². The SMILES string of the molecule is COC(=O)COc1ncc(N)c(-c2ccccc2)n1.Cl. The van der Waals surface area contributed by atoms with Gasteiger partial charge >= 0.3 is 12.0 Å². The van der Waals surface area contributed by atoms with Crippen molar-refractivity contribution in [1.82, 2.24) is 9.97 Å². The van der Waals surface area contributed by atoms with Crippen LogP contribution in [0, 0.1) is 0 Å². The van der Waals surface area contributed by atoms with Gasteiger partial charge in [0.1, 0.15) is 5.69 Å². The summed E-state index contributed by atoms with van der Waals surface area (Å²) in [4.78, 5) is 19.1. The number of hydrogen-bond donors (Lipinski definition) is 1. The Morgan fingerprint density at radius 3 is 2.65 bits per heavy atom. The number of esters is 1. The van der Waals surface area contributed by atoms with E-state index < -0.39 is 5.97 Å². The molecule has 2 aromatic rings. The first-order valence-electron chi connectivity index (χ1n) is 5.58. The van der Waals surface area contributed by atoms with Gasteiger partial charge in [-0.25, -0.2) is 9.78 Å². The molecule has 0 bridgehead atoms. The van der Waals surface area contributed by atoms with Crippen LogP contribution in [-0.4, -0.2) is 29.7 Å². The van der Waals surface area contributed by atoms with E-state index in [0.29, 0.717) is 11.4 Å². The lowest BCUT2D eigenvalue weighted by molar-refractivity contribution is -0.143. The fourth-order valence-corrected chi connectivity index (χ4v) is 1.45. The second-order valence-electron chi connectivity index (χ2n) is 3.69. The van der Waals surface area contributed by atoms with E-state index in [1.807, 2.05) is 30.3 Å². The van der Waals surface area contributed by atoms with Crippen LogP contribution in [0.3, 0.4) is 0 Å². The Balaban J connectivity index is 0.00000200. The predicted octanol–water partition coefficient (Wildman–Crippen LogP) is 1.70. The zero-order valence-corrected chi connectivity index (χ0v) is 11.6. The average molecular weight is 296 g/mol. The predicted molar refractivity (Wildman–Crippen MR) is 76.6 cm³/mol. The van der Waals surface area contributed by atoms with E-state index in [9.17, 15) is 4.79 Å². The summed E-state index contributed by atoms with van der Waals surface area (Å²) < 4.78 is 9.59. The van der Waals surface area contributed by atoms with E-state index in [-0.39, 0.29) is 25.0 Å². The minimum Gasteiger partial charge on any atom is -0.466 e. The van der Waals surface area contributed by atoms with Gasteiger partial charge in [-0.1, -0.05) is 30.3 Å². The maximum Gasteiger partial charge on any atom is 0.344 e. The molecule has 0 spiro atoms. The van der Waals surface area contributed by atoms with Gasteiger partial charge in [-0.3, -0.25) is 0 Å². The molecule has 0 atom stereocenters. The van der Waals surface area contributed by atoms with Crippen molar-refractivity contribution in [3.63, 3.8) is 0 Å². The van der Waals surface area contributed by atoms with Crippen LogP contribution >= 0.6 is 12.4 Å². The summed E-state index contributed by atoms with van der Waals surface area (Å²) in [6.45, 7) is -0.241. The van der Waals surface area contributed by atoms with Crippen molar-refractivity contribution >= 4 is 24.1 Å². The van der Waals surface area contributed by atoms with Crippen LogP contribution in [0.4, 0.5) is 5.69 Å². The molecule has 2 rings (SSSR count). The third-order valence-corrected chi connectivity index (χ3v) is 2.39. The Morgan fingerprint density at radius 2 is 2.00 bits per heavy atom. The van der Waals surface area contributed by atoms with Gasteiger partial charge in [-0.15, -0.1) is 12.4 Å². The van der Waals surface area contributed by atoms with E-state index >= 15 is 0 Å². The van der Waals surface area contributed by atoms with E-state index in [1.54, 1.807) is 0 Å². The Labute approximate surface area is 122 Å². The average Bonchev–Trinajstić information content (AvgIpc) is 2.47. The summed E-state index contributed by atoms with van der Waals surface area (Å²) in [7, 11) is 1.28. The van der Waals surface area contributed by atoms with Crippen LogP contribution in [0.1, 0.15) is 0 Å². The maximum atomic E-state index is 11.0. The number of nitrogens with two attached hydrogens (primary N) is 1. The molecule has 7 heteroatoms. The van der Waals surface area contributed by atoms with Gasteiger partial charge in [0.2, 0.25) is 0 Å². The van der Waals surface area contributed by atoms with Gasteiger partial charge in [0.05, 0.1) is 19.0 Å². The molecule has 0 fully saturated rings. The summed E-state index contributed by atoms with van der Waals surface area (Å²) in [6, 6.07) is 9.50. The Kier molecular flexibility index (Phi) is 5.74. The molecule has 1 aromatic heterocycles. The normalized spacial score (nSPS) is 9.45. The smallest absolute Gasteiger partial charge is 0.344 e. The van der Waals surface area contributed by atoms with Gasteiger partial charge < -0.3 is 15.2 Å². The van der Waals surface area contributed by atoms with Crippen molar-refractivity contribution in [1.29, 1.82) is 0 Å². The fourth-order valence-electron chi connectivity index (χ4n) is 1.45. The highest BCUT2D eigenvalue weighted by molar-refractivity contribution is 5.85. The van der Waals surface area contributed by atoms with E-state index in [4.69, 9.17) is 10.5 Å². The molecule has 0 aliphatic rings. The number of halogens is 1. The van der Waals surface area contributed by atoms with Gasteiger partial charge in [0.25, 0.3) is 0 Å². The molecule has 0 radical (unpaired) electrons. The summed E-state index contributed by atoms with van der Waals surface area (Å²) in [5.74, 6) is -0.498. The fraction of sp³-hybridized carbons (Fsp3) is 0.154. The number of benzene rings is 1. The molecule has 1 aromatic carbocycles. The van der Waals surface area contributed by atoms with E-state index in [2.05, 4.69) is 14.7 Å². The maximum absolute atomic E-state index is 11.0. The second-order valence-corrected chi connectivity index (χ2v) is 3.69. The molecular weight excluding hydrogens is 282 g/mol. The molecular formula is C13H14ClN3O3. The molecule has 0 saturated carbocycles. The second kappa shape index (κ2) is 7.30. The largest absolute Gasteiger partial charge is 0.466 e. The number of nitrogens with zero attached hydrogens (tertiary/aromatic N) is 2. The number of carbonyl (C=O) groups is 1. The Hall–Kier alpha value is -2.34. The summed E-state index contributed by atoms with van der Waals surface area (Å²) >= 11 is 0. The van der Waals surface area contributed by atoms with Crippen LogP contribution in [0.15, 0.2) is 36.5 Å². The van der Waals surface area contributed by atoms with Crippen molar-refractivity contribution in [3.05, 3.63) is 36.5 Å². The monoisotopic (exact) mass is 295 g/mol. The number of nitrogen functional groups attached to an aromatic ring is 1. The zero-order chi connectivity index (χ0) is 13.7. The molecule has 0 unspecified atom stereocenters. The third-order valence-electron chi connectivity index (χ3n) is 2.39. The first-order chi connectivity index (χ1) is 9.20. The summed E-state index contributed by atoms with van der Waals surface area (Å²) in [5.41, 5.74) is 7.69. The van der Waals surface area contributed by atoms with Crippen LogP contribution in [0.25, 0.3) is 11.3 Å². The molecule has 6 nitrogen and oxygen atoms in total. The van der Waals surface area contributed by atoms with Crippen molar-refractivity contribution in [2.45, 2.75) is 0 Å². The number of anilines is 1. The van der Waals surface area contributed by atoms with Gasteiger partial charge in [-0.05, 0) is 0 Å².